The molecule has 22 heavy (non-hydrogen) atoms. The Balaban J connectivity index is 2.40. The van der Waals surface area contributed by atoms with Crippen molar-refractivity contribution in [3.8, 4) is 0 Å². The zero-order valence-corrected chi connectivity index (χ0v) is 13.0. The van der Waals surface area contributed by atoms with Crippen LogP contribution >= 0.6 is 11.6 Å². The molecular weight excluding hydrogens is 298 g/mol. The summed E-state index contributed by atoms with van der Waals surface area (Å²) in [6, 6.07) is 15.2. The Kier molecular flexibility index (Phi) is 5.17. The van der Waals surface area contributed by atoms with Gasteiger partial charge in [0.25, 0.3) is 5.91 Å². The van der Waals surface area contributed by atoms with Gasteiger partial charge in [-0.3, -0.25) is 4.79 Å². The van der Waals surface area contributed by atoms with Crippen LogP contribution in [0.3, 0.4) is 0 Å². The fraction of sp³-hybridized carbons (Fsp3) is 0.176. The number of hydrogen-bond acceptors (Lipinski definition) is 1. The number of rotatable bonds is 4. The van der Waals surface area contributed by atoms with Crippen molar-refractivity contribution >= 4 is 23.5 Å². The number of guanidine groups is 1. The van der Waals surface area contributed by atoms with Gasteiger partial charge in [0, 0.05) is 5.02 Å². The Morgan fingerprint density at radius 2 is 1.91 bits per heavy atom. The first-order valence-electron chi connectivity index (χ1n) is 6.91. The lowest BCUT2D eigenvalue weighted by Crippen LogP contribution is -2.26. The Morgan fingerprint density at radius 1 is 1.18 bits per heavy atom. The van der Waals surface area contributed by atoms with Crippen LogP contribution in [0.15, 0.2) is 53.5 Å². The fourth-order valence-corrected chi connectivity index (χ4v) is 2.64. The first-order chi connectivity index (χ1) is 10.5. The average Bonchev–Trinajstić information content (AvgIpc) is 2.45. The summed E-state index contributed by atoms with van der Waals surface area (Å²) in [6.07, 6.45) is 0.487. The molecule has 0 bridgehead atoms. The molecule has 114 valence electrons. The average molecular weight is 316 g/mol. The van der Waals surface area contributed by atoms with Crippen molar-refractivity contribution in [1.29, 1.82) is 0 Å². The van der Waals surface area contributed by atoms with E-state index in [1.54, 1.807) is 6.07 Å². The van der Waals surface area contributed by atoms with Crippen LogP contribution in [0, 0.1) is 6.92 Å². The second-order valence-electron chi connectivity index (χ2n) is 5.14. The summed E-state index contributed by atoms with van der Waals surface area (Å²) in [4.78, 5) is 16.1. The molecule has 0 saturated carbocycles. The molecule has 0 aliphatic rings. The molecule has 0 unspecified atom stereocenters. The molecule has 0 radical (unpaired) electrons. The topological polar surface area (TPSA) is 81.5 Å². The van der Waals surface area contributed by atoms with Crippen molar-refractivity contribution in [3.05, 3.63) is 70.2 Å². The van der Waals surface area contributed by atoms with Crippen LogP contribution in [-0.4, -0.2) is 11.9 Å². The number of aliphatic imine (C=N–C) groups is 1. The first kappa shape index (κ1) is 16.0. The molecule has 2 aromatic carbocycles. The van der Waals surface area contributed by atoms with E-state index in [0.29, 0.717) is 11.4 Å². The lowest BCUT2D eigenvalue weighted by atomic mass is 9.91. The summed E-state index contributed by atoms with van der Waals surface area (Å²) in [6.45, 7) is 2.01. The summed E-state index contributed by atoms with van der Waals surface area (Å²) < 4.78 is 0. The number of carbonyl (C=O) groups is 1. The lowest BCUT2D eigenvalue weighted by molar-refractivity contribution is -0.119. The molecule has 0 aromatic heterocycles. The molecule has 4 N–H and O–H groups in total. The highest BCUT2D eigenvalue weighted by Gasteiger charge is 2.23. The standard InChI is InChI=1S/C17H18ClN3O/c1-11-5-4-6-12(9-11)10-14(16(22)21-17(19)20)13-7-2-3-8-15(13)18/h2-9,14H,10H2,1H3,(H4,19,20,21,22)/t14-/m1/s1. The highest BCUT2D eigenvalue weighted by atomic mass is 35.5. The van der Waals surface area contributed by atoms with E-state index in [4.69, 9.17) is 23.1 Å². The third kappa shape index (κ3) is 4.09. The second-order valence-corrected chi connectivity index (χ2v) is 5.55. The van der Waals surface area contributed by atoms with Gasteiger partial charge < -0.3 is 11.5 Å². The third-order valence-corrected chi connectivity index (χ3v) is 3.68. The minimum absolute atomic E-state index is 0.244. The van der Waals surface area contributed by atoms with Crippen molar-refractivity contribution in [2.75, 3.05) is 0 Å². The summed E-state index contributed by atoms with van der Waals surface area (Å²) in [5.41, 5.74) is 13.6. The summed E-state index contributed by atoms with van der Waals surface area (Å²) in [5, 5.41) is 0.527. The normalized spacial score (nSPS) is 11.7. The fourth-order valence-electron chi connectivity index (χ4n) is 2.37. The highest BCUT2D eigenvalue weighted by Crippen LogP contribution is 2.29. The molecule has 1 amide bonds. The molecule has 5 heteroatoms. The van der Waals surface area contributed by atoms with E-state index in [0.717, 1.165) is 16.7 Å². The Hall–Kier alpha value is -2.33. The van der Waals surface area contributed by atoms with Crippen molar-refractivity contribution < 1.29 is 4.79 Å². The smallest absolute Gasteiger partial charge is 0.256 e. The van der Waals surface area contributed by atoms with Gasteiger partial charge in [-0.1, -0.05) is 59.6 Å². The predicted octanol–water partition coefficient (Wildman–Crippen LogP) is 2.77. The van der Waals surface area contributed by atoms with E-state index in [2.05, 4.69) is 4.99 Å². The molecule has 2 aromatic rings. The van der Waals surface area contributed by atoms with Crippen LogP contribution in [0.5, 0.6) is 0 Å². The van der Waals surface area contributed by atoms with Crippen LogP contribution in [0.1, 0.15) is 22.6 Å². The quantitative estimate of drug-likeness (QED) is 0.672. The van der Waals surface area contributed by atoms with Crippen LogP contribution in [0.25, 0.3) is 0 Å². The molecule has 0 saturated heterocycles. The largest absolute Gasteiger partial charge is 0.370 e. The minimum Gasteiger partial charge on any atom is -0.370 e. The third-order valence-electron chi connectivity index (χ3n) is 3.34. The van der Waals surface area contributed by atoms with Gasteiger partial charge >= 0.3 is 0 Å². The van der Waals surface area contributed by atoms with Gasteiger partial charge in [0.1, 0.15) is 0 Å². The first-order valence-corrected chi connectivity index (χ1v) is 7.28. The van der Waals surface area contributed by atoms with Crippen molar-refractivity contribution in [2.24, 2.45) is 16.5 Å². The van der Waals surface area contributed by atoms with Gasteiger partial charge in [-0.15, -0.1) is 0 Å². The van der Waals surface area contributed by atoms with Crippen LogP contribution in [0.4, 0.5) is 0 Å². The number of carbonyl (C=O) groups excluding carboxylic acids is 1. The number of nitrogens with two attached hydrogens (primary N) is 2. The number of aryl methyl sites for hydroxylation is 1. The van der Waals surface area contributed by atoms with E-state index < -0.39 is 11.8 Å². The van der Waals surface area contributed by atoms with Crippen molar-refractivity contribution in [3.63, 3.8) is 0 Å². The number of hydrogen-bond donors (Lipinski definition) is 2. The van der Waals surface area contributed by atoms with Gasteiger partial charge in [0.2, 0.25) is 0 Å². The van der Waals surface area contributed by atoms with Gasteiger partial charge in [0.05, 0.1) is 5.92 Å². The Bertz CT molecular complexity index is 709. The molecule has 0 aliphatic heterocycles. The minimum atomic E-state index is -0.516. The van der Waals surface area contributed by atoms with Crippen LogP contribution in [-0.2, 0) is 11.2 Å². The molecule has 0 spiro atoms. The molecule has 0 fully saturated rings. The zero-order chi connectivity index (χ0) is 16.1. The van der Waals surface area contributed by atoms with Crippen LogP contribution < -0.4 is 11.5 Å². The number of amides is 1. The van der Waals surface area contributed by atoms with E-state index >= 15 is 0 Å². The highest BCUT2D eigenvalue weighted by molar-refractivity contribution is 6.31. The van der Waals surface area contributed by atoms with Crippen molar-refractivity contribution in [2.45, 2.75) is 19.3 Å². The lowest BCUT2D eigenvalue weighted by Gasteiger charge is -2.16. The molecule has 1 atom stereocenters. The molecule has 0 heterocycles. The maximum absolute atomic E-state index is 12.4. The van der Waals surface area contributed by atoms with Gasteiger partial charge in [0.15, 0.2) is 5.96 Å². The SMILES string of the molecule is Cc1cccc(C[C@@H](C(=O)N=C(N)N)c2ccccc2Cl)c1. The van der Waals surface area contributed by atoms with E-state index in [1.165, 1.54) is 0 Å². The van der Waals surface area contributed by atoms with Gasteiger partial charge in [-0.2, -0.15) is 4.99 Å². The van der Waals surface area contributed by atoms with Gasteiger partial charge in [-0.05, 0) is 30.5 Å². The Morgan fingerprint density at radius 3 is 2.55 bits per heavy atom. The van der Waals surface area contributed by atoms with Crippen LogP contribution in [0.2, 0.25) is 5.02 Å². The molecule has 2 rings (SSSR count). The molecular formula is C17H18ClN3O. The predicted molar refractivity (Wildman–Crippen MR) is 89.9 cm³/mol. The zero-order valence-electron chi connectivity index (χ0n) is 12.3. The van der Waals surface area contributed by atoms with Gasteiger partial charge in [-0.25, -0.2) is 0 Å². The van der Waals surface area contributed by atoms with E-state index in [9.17, 15) is 4.79 Å². The maximum atomic E-state index is 12.4. The summed E-state index contributed by atoms with van der Waals surface area (Å²) in [5.74, 6) is -1.15. The van der Waals surface area contributed by atoms with E-state index in [-0.39, 0.29) is 5.96 Å². The van der Waals surface area contributed by atoms with Crippen molar-refractivity contribution in [1.82, 2.24) is 0 Å². The Labute approximate surface area is 134 Å². The number of nitrogens with zero attached hydrogens (tertiary/aromatic N) is 1. The number of benzene rings is 2. The monoisotopic (exact) mass is 315 g/mol. The number of halogens is 1. The van der Waals surface area contributed by atoms with E-state index in [1.807, 2.05) is 49.4 Å². The summed E-state index contributed by atoms with van der Waals surface area (Å²) >= 11 is 6.23. The summed E-state index contributed by atoms with van der Waals surface area (Å²) in [7, 11) is 0. The maximum Gasteiger partial charge on any atom is 0.256 e. The molecule has 4 nitrogen and oxygen atoms in total. The molecule has 0 aliphatic carbocycles. The second kappa shape index (κ2) is 7.09.